The van der Waals surface area contributed by atoms with Gasteiger partial charge in [0.25, 0.3) is 0 Å². The Bertz CT molecular complexity index is 561. The number of thiazole rings is 1. The van der Waals surface area contributed by atoms with E-state index in [2.05, 4.69) is 10.3 Å². The Balaban J connectivity index is 0.00000225. The molecule has 2 unspecified atom stereocenters. The Morgan fingerprint density at radius 2 is 2.00 bits per heavy atom. The molecule has 0 spiro atoms. The Morgan fingerprint density at radius 1 is 1.24 bits per heavy atom. The van der Waals surface area contributed by atoms with Gasteiger partial charge < -0.3 is 10.2 Å². The van der Waals surface area contributed by atoms with Crippen LogP contribution in [0.4, 0.5) is 0 Å². The highest BCUT2D eigenvalue weighted by molar-refractivity contribution is 7.09. The van der Waals surface area contributed by atoms with Crippen LogP contribution in [0.25, 0.3) is 0 Å². The third-order valence-electron chi connectivity index (χ3n) is 5.27. The molecule has 5 nitrogen and oxygen atoms in total. The van der Waals surface area contributed by atoms with Crippen molar-refractivity contribution in [3.05, 3.63) is 16.6 Å². The summed E-state index contributed by atoms with van der Waals surface area (Å²) in [6.45, 7) is 3.14. The van der Waals surface area contributed by atoms with Gasteiger partial charge in [-0.2, -0.15) is 0 Å². The Hall–Kier alpha value is -1.14. The second kappa shape index (κ2) is 9.53. The summed E-state index contributed by atoms with van der Waals surface area (Å²) in [5, 5.41) is 5.95. The van der Waals surface area contributed by atoms with Crippen LogP contribution in [0.1, 0.15) is 62.9 Å². The van der Waals surface area contributed by atoms with Gasteiger partial charge in [-0.25, -0.2) is 4.98 Å². The van der Waals surface area contributed by atoms with Crippen LogP contribution in [0.15, 0.2) is 11.6 Å². The van der Waals surface area contributed by atoms with Gasteiger partial charge in [-0.15, -0.1) is 23.7 Å². The molecular weight excluding hydrogens is 358 g/mol. The maximum atomic E-state index is 12.9. The van der Waals surface area contributed by atoms with Crippen LogP contribution < -0.4 is 5.32 Å². The summed E-state index contributed by atoms with van der Waals surface area (Å²) in [4.78, 5) is 30.9. The van der Waals surface area contributed by atoms with Crippen molar-refractivity contribution in [2.24, 2.45) is 11.8 Å². The number of likely N-dealkylation sites (tertiary alicyclic amines) is 1. The third-order valence-corrected chi connectivity index (χ3v) is 6.13. The highest BCUT2D eigenvalue weighted by atomic mass is 35.5. The zero-order valence-electron chi connectivity index (χ0n) is 14.8. The molecule has 1 aliphatic heterocycles. The van der Waals surface area contributed by atoms with Crippen molar-refractivity contribution in [1.29, 1.82) is 0 Å². The van der Waals surface area contributed by atoms with Crippen LogP contribution in [-0.2, 0) is 9.59 Å². The number of nitrogens with zero attached hydrogens (tertiary/aromatic N) is 2. The fraction of sp³-hybridized carbons (Fsp3) is 0.722. The second-order valence-electron chi connectivity index (χ2n) is 7.07. The van der Waals surface area contributed by atoms with Gasteiger partial charge in [-0.3, -0.25) is 9.59 Å². The van der Waals surface area contributed by atoms with E-state index in [4.69, 9.17) is 0 Å². The molecule has 0 aromatic carbocycles. The lowest BCUT2D eigenvalue weighted by Gasteiger charge is -2.38. The van der Waals surface area contributed by atoms with Crippen molar-refractivity contribution in [2.45, 2.75) is 57.9 Å². The molecule has 2 fully saturated rings. The molecule has 1 aliphatic carbocycles. The predicted octanol–water partition coefficient (Wildman–Crippen LogP) is 3.56. The SMILES string of the molecule is CC(=O)NC(c1nccs1)C1CCCN(C(=O)C2CCCCC2)C1.Cl. The van der Waals surface area contributed by atoms with Gasteiger partial charge in [0.1, 0.15) is 5.01 Å². The molecular formula is C18H28ClN3O2S. The van der Waals surface area contributed by atoms with Crippen molar-refractivity contribution in [3.63, 3.8) is 0 Å². The quantitative estimate of drug-likeness (QED) is 0.861. The number of rotatable bonds is 4. The van der Waals surface area contributed by atoms with Crippen molar-refractivity contribution in [2.75, 3.05) is 13.1 Å². The third kappa shape index (κ3) is 5.17. The molecule has 1 saturated heterocycles. The molecule has 3 rings (SSSR count). The number of hydrogen-bond donors (Lipinski definition) is 1. The maximum Gasteiger partial charge on any atom is 0.225 e. The van der Waals surface area contributed by atoms with Gasteiger partial charge in [-0.1, -0.05) is 19.3 Å². The van der Waals surface area contributed by atoms with E-state index >= 15 is 0 Å². The minimum absolute atomic E-state index is 0. The van der Waals surface area contributed by atoms with Crippen LogP contribution in [0.2, 0.25) is 0 Å². The fourth-order valence-corrected chi connectivity index (χ4v) is 4.86. The highest BCUT2D eigenvalue weighted by Gasteiger charge is 2.34. The van der Waals surface area contributed by atoms with Gasteiger partial charge in [-0.05, 0) is 25.7 Å². The van der Waals surface area contributed by atoms with Crippen molar-refractivity contribution in [3.8, 4) is 0 Å². The first-order valence-electron chi connectivity index (χ1n) is 9.10. The number of hydrogen-bond acceptors (Lipinski definition) is 4. The number of nitrogens with one attached hydrogen (secondary N) is 1. The van der Waals surface area contributed by atoms with Gasteiger partial charge >= 0.3 is 0 Å². The minimum atomic E-state index is -0.0792. The molecule has 2 amide bonds. The number of halogens is 1. The summed E-state index contributed by atoms with van der Waals surface area (Å²) >= 11 is 1.58. The molecule has 2 atom stereocenters. The van der Waals surface area contributed by atoms with Crippen LogP contribution >= 0.6 is 23.7 Å². The average Bonchev–Trinajstić information content (AvgIpc) is 3.14. The van der Waals surface area contributed by atoms with Gasteiger partial charge in [0, 0.05) is 43.4 Å². The van der Waals surface area contributed by atoms with E-state index in [1.807, 2.05) is 10.3 Å². The highest BCUT2D eigenvalue weighted by Crippen LogP contribution is 2.33. The largest absolute Gasteiger partial charge is 0.347 e. The maximum absolute atomic E-state index is 12.9. The fourth-order valence-electron chi connectivity index (χ4n) is 4.08. The molecule has 1 N–H and O–H groups in total. The molecule has 1 saturated carbocycles. The van der Waals surface area contributed by atoms with Crippen molar-refractivity contribution in [1.82, 2.24) is 15.2 Å². The Kier molecular flexibility index (Phi) is 7.69. The van der Waals surface area contributed by atoms with E-state index in [0.717, 1.165) is 43.8 Å². The van der Waals surface area contributed by atoms with Crippen LogP contribution in [0.5, 0.6) is 0 Å². The second-order valence-corrected chi connectivity index (χ2v) is 8.00. The topological polar surface area (TPSA) is 62.3 Å². The molecule has 7 heteroatoms. The molecule has 25 heavy (non-hydrogen) atoms. The lowest BCUT2D eigenvalue weighted by Crippen LogP contribution is -2.47. The molecule has 2 aliphatic rings. The molecule has 140 valence electrons. The Morgan fingerprint density at radius 3 is 2.64 bits per heavy atom. The standard InChI is InChI=1S/C18H27N3O2S.ClH/c1-13(22)20-16(17-19-9-11-24-17)15-8-5-10-21(12-15)18(23)14-6-3-2-4-7-14;/h9,11,14-16H,2-8,10,12H2,1H3,(H,20,22);1H. The summed E-state index contributed by atoms with van der Waals surface area (Å²) in [6.07, 6.45) is 9.53. The summed E-state index contributed by atoms with van der Waals surface area (Å²) in [7, 11) is 0. The van der Waals surface area contributed by atoms with E-state index in [0.29, 0.717) is 5.91 Å². The first kappa shape index (κ1) is 20.2. The number of amides is 2. The monoisotopic (exact) mass is 385 g/mol. The lowest BCUT2D eigenvalue weighted by molar-refractivity contribution is -0.138. The summed E-state index contributed by atoms with van der Waals surface area (Å²) < 4.78 is 0. The van der Waals surface area contributed by atoms with E-state index in [-0.39, 0.29) is 36.2 Å². The van der Waals surface area contributed by atoms with Crippen LogP contribution in [0.3, 0.4) is 0 Å². The first-order valence-corrected chi connectivity index (χ1v) is 9.98. The van der Waals surface area contributed by atoms with Crippen LogP contribution in [-0.4, -0.2) is 34.8 Å². The number of aromatic nitrogens is 1. The summed E-state index contributed by atoms with van der Waals surface area (Å²) in [5.74, 6) is 0.768. The number of carbonyl (C=O) groups excluding carboxylic acids is 2. The van der Waals surface area contributed by atoms with Crippen molar-refractivity contribution < 1.29 is 9.59 Å². The first-order chi connectivity index (χ1) is 11.6. The normalized spacial score (nSPS) is 22.8. The molecule has 1 aromatic rings. The number of carbonyl (C=O) groups is 2. The predicted molar refractivity (Wildman–Crippen MR) is 102 cm³/mol. The summed E-state index contributed by atoms with van der Waals surface area (Å²) in [6, 6.07) is -0.0792. The van der Waals surface area contributed by atoms with Gasteiger partial charge in [0.2, 0.25) is 11.8 Å². The average molecular weight is 386 g/mol. The minimum Gasteiger partial charge on any atom is -0.347 e. The zero-order chi connectivity index (χ0) is 16.9. The van der Waals surface area contributed by atoms with E-state index < -0.39 is 0 Å². The Labute approximate surface area is 160 Å². The zero-order valence-corrected chi connectivity index (χ0v) is 16.4. The number of piperidine rings is 1. The van der Waals surface area contributed by atoms with Gasteiger partial charge in [0.15, 0.2) is 0 Å². The van der Waals surface area contributed by atoms with Crippen molar-refractivity contribution >= 4 is 35.6 Å². The van der Waals surface area contributed by atoms with E-state index in [1.54, 1.807) is 24.5 Å². The molecule has 0 radical (unpaired) electrons. The van der Waals surface area contributed by atoms with E-state index in [1.165, 1.54) is 19.3 Å². The summed E-state index contributed by atoms with van der Waals surface area (Å²) in [5.41, 5.74) is 0. The lowest BCUT2D eigenvalue weighted by atomic mass is 9.86. The van der Waals surface area contributed by atoms with Crippen LogP contribution in [0, 0.1) is 11.8 Å². The molecule has 1 aromatic heterocycles. The van der Waals surface area contributed by atoms with Gasteiger partial charge in [0.05, 0.1) is 6.04 Å². The van der Waals surface area contributed by atoms with E-state index in [9.17, 15) is 9.59 Å². The molecule has 2 heterocycles. The molecule has 0 bridgehead atoms. The smallest absolute Gasteiger partial charge is 0.225 e.